The van der Waals surface area contributed by atoms with Crippen molar-refractivity contribution in [1.29, 1.82) is 0 Å². The summed E-state index contributed by atoms with van der Waals surface area (Å²) in [4.78, 5) is 28.7. The molecule has 3 rings (SSSR count). The van der Waals surface area contributed by atoms with Gasteiger partial charge >= 0.3 is 0 Å². The Labute approximate surface area is 173 Å². The van der Waals surface area contributed by atoms with E-state index in [9.17, 15) is 9.59 Å². The fraction of sp³-hybridized carbons (Fsp3) is 0.333. The average molecular weight is 392 g/mol. The first kappa shape index (κ1) is 20.8. The second-order valence-corrected chi connectivity index (χ2v) is 7.36. The van der Waals surface area contributed by atoms with Crippen LogP contribution in [-0.4, -0.2) is 54.3 Å². The normalized spacial score (nSPS) is 16.0. The minimum Gasteiger partial charge on any atom is -0.349 e. The fourth-order valence-electron chi connectivity index (χ4n) is 3.57. The van der Waals surface area contributed by atoms with Gasteiger partial charge in [-0.05, 0) is 11.1 Å². The summed E-state index contributed by atoms with van der Waals surface area (Å²) in [5.41, 5.74) is 2.16. The summed E-state index contributed by atoms with van der Waals surface area (Å²) in [5.74, 6) is -0.0336. The lowest BCUT2D eigenvalue weighted by molar-refractivity contribution is -0.133. The summed E-state index contributed by atoms with van der Waals surface area (Å²) in [7, 11) is 0. The summed E-state index contributed by atoms with van der Waals surface area (Å²) in [5, 5.41) is 2.91. The van der Waals surface area contributed by atoms with E-state index in [1.54, 1.807) is 0 Å². The first-order chi connectivity index (χ1) is 14.1. The van der Waals surface area contributed by atoms with Gasteiger partial charge in [-0.25, -0.2) is 0 Å². The van der Waals surface area contributed by atoms with E-state index >= 15 is 0 Å². The quantitative estimate of drug-likeness (QED) is 0.789. The number of carbonyl (C=O) groups excluding carboxylic acids is 2. The molecule has 1 atom stereocenters. The topological polar surface area (TPSA) is 52.7 Å². The number of carbonyl (C=O) groups is 2. The molecule has 0 saturated carbocycles. The minimum atomic E-state index is -0.284. The number of nitrogens with zero attached hydrogens (tertiary/aromatic N) is 2. The molecule has 1 aliphatic heterocycles. The van der Waals surface area contributed by atoms with E-state index in [1.807, 2.05) is 53.4 Å². The van der Waals surface area contributed by atoms with Crippen molar-refractivity contribution in [1.82, 2.24) is 15.1 Å². The Morgan fingerprint density at radius 1 is 0.966 bits per heavy atom. The largest absolute Gasteiger partial charge is 0.349 e. The molecule has 1 fully saturated rings. The highest BCUT2D eigenvalue weighted by molar-refractivity contribution is 5.79. The predicted octanol–water partition coefficient (Wildman–Crippen LogP) is 3.11. The molecule has 2 amide bonds. The minimum absolute atomic E-state index is 0.0899. The maximum atomic E-state index is 12.8. The van der Waals surface area contributed by atoms with E-state index in [0.29, 0.717) is 0 Å². The van der Waals surface area contributed by atoms with E-state index in [0.717, 1.165) is 38.3 Å². The second-order valence-electron chi connectivity index (χ2n) is 7.36. The van der Waals surface area contributed by atoms with Crippen LogP contribution in [0.2, 0.25) is 0 Å². The third-order valence-electron chi connectivity index (χ3n) is 5.16. The van der Waals surface area contributed by atoms with Crippen LogP contribution in [0.15, 0.2) is 66.7 Å². The first-order valence-corrected chi connectivity index (χ1v) is 10.2. The molecule has 29 heavy (non-hydrogen) atoms. The summed E-state index contributed by atoms with van der Waals surface area (Å²) in [6.45, 7) is 5.54. The molecule has 0 aliphatic carbocycles. The van der Waals surface area contributed by atoms with E-state index in [-0.39, 0.29) is 24.3 Å². The second kappa shape index (κ2) is 10.6. The molecule has 0 bridgehead atoms. The molecule has 0 spiro atoms. The smallest absolute Gasteiger partial charge is 0.225 e. The van der Waals surface area contributed by atoms with Crippen LogP contribution in [0.25, 0.3) is 6.08 Å². The zero-order valence-electron chi connectivity index (χ0n) is 17.0. The highest BCUT2D eigenvalue weighted by Crippen LogP contribution is 2.18. The summed E-state index contributed by atoms with van der Waals surface area (Å²) in [6, 6.07) is 19.7. The van der Waals surface area contributed by atoms with Crippen molar-refractivity contribution in [2.75, 3.05) is 32.7 Å². The Bertz CT molecular complexity index is 813. The van der Waals surface area contributed by atoms with Crippen LogP contribution in [0.5, 0.6) is 0 Å². The van der Waals surface area contributed by atoms with E-state index in [1.165, 1.54) is 12.5 Å². The molecule has 1 heterocycles. The van der Waals surface area contributed by atoms with Crippen LogP contribution < -0.4 is 5.32 Å². The van der Waals surface area contributed by atoms with E-state index in [2.05, 4.69) is 34.5 Å². The zero-order chi connectivity index (χ0) is 20.5. The monoisotopic (exact) mass is 391 g/mol. The Morgan fingerprint density at radius 3 is 2.21 bits per heavy atom. The molecule has 152 valence electrons. The molecule has 1 unspecified atom stereocenters. The fourth-order valence-corrected chi connectivity index (χ4v) is 3.57. The molecule has 5 nitrogen and oxygen atoms in total. The van der Waals surface area contributed by atoms with Gasteiger partial charge in [0.2, 0.25) is 11.8 Å². The van der Waals surface area contributed by atoms with Crippen molar-refractivity contribution < 1.29 is 9.59 Å². The molecule has 2 aromatic rings. The molecule has 2 aromatic carbocycles. The molecule has 0 radical (unpaired) electrons. The van der Waals surface area contributed by atoms with Crippen LogP contribution >= 0.6 is 0 Å². The number of rotatable bonds is 7. The van der Waals surface area contributed by atoms with Gasteiger partial charge in [0.25, 0.3) is 0 Å². The number of hydrogen-bond donors (Lipinski definition) is 1. The van der Waals surface area contributed by atoms with Crippen LogP contribution in [0.1, 0.15) is 30.5 Å². The third-order valence-corrected chi connectivity index (χ3v) is 5.16. The maximum Gasteiger partial charge on any atom is 0.225 e. The number of benzene rings is 2. The molecule has 5 heteroatoms. The van der Waals surface area contributed by atoms with Crippen LogP contribution in [0.3, 0.4) is 0 Å². The average Bonchev–Trinajstić information content (AvgIpc) is 2.75. The van der Waals surface area contributed by atoms with Gasteiger partial charge in [-0.1, -0.05) is 72.8 Å². The number of amides is 2. The summed E-state index contributed by atoms with van der Waals surface area (Å²) >= 11 is 0. The molecule has 1 aliphatic rings. The van der Waals surface area contributed by atoms with Gasteiger partial charge in [0, 0.05) is 39.6 Å². The van der Waals surface area contributed by atoms with Crippen LogP contribution in [0, 0.1) is 0 Å². The standard InChI is InChI=1S/C24H29N3O2/c1-20(28)25-23(22-12-6-3-7-13-22)19-24(29)27-17-15-26(16-18-27)14-8-11-21-9-4-2-5-10-21/h2-13,23H,14-19H2,1H3,(H,25,28). The van der Waals surface area contributed by atoms with Gasteiger partial charge in [0.15, 0.2) is 0 Å². The SMILES string of the molecule is CC(=O)NC(CC(=O)N1CCN(CC=Cc2ccccc2)CC1)c1ccccc1. The highest BCUT2D eigenvalue weighted by atomic mass is 16.2. The van der Waals surface area contributed by atoms with Gasteiger partial charge < -0.3 is 10.2 Å². The lowest BCUT2D eigenvalue weighted by Crippen LogP contribution is -2.49. The highest BCUT2D eigenvalue weighted by Gasteiger charge is 2.24. The Morgan fingerprint density at radius 2 is 1.59 bits per heavy atom. The molecule has 1 N–H and O–H groups in total. The zero-order valence-corrected chi connectivity index (χ0v) is 17.0. The lowest BCUT2D eigenvalue weighted by Gasteiger charge is -2.35. The Kier molecular flexibility index (Phi) is 7.59. The lowest BCUT2D eigenvalue weighted by atomic mass is 10.0. The summed E-state index contributed by atoms with van der Waals surface area (Å²) < 4.78 is 0. The van der Waals surface area contributed by atoms with E-state index in [4.69, 9.17) is 0 Å². The van der Waals surface area contributed by atoms with Crippen molar-refractivity contribution >= 4 is 17.9 Å². The van der Waals surface area contributed by atoms with Crippen molar-refractivity contribution in [3.05, 3.63) is 77.9 Å². The number of hydrogen-bond acceptors (Lipinski definition) is 3. The predicted molar refractivity (Wildman–Crippen MR) is 116 cm³/mol. The molecular formula is C24H29N3O2. The third kappa shape index (κ3) is 6.57. The van der Waals surface area contributed by atoms with Gasteiger partial charge in [-0.3, -0.25) is 14.5 Å². The van der Waals surface area contributed by atoms with Crippen molar-refractivity contribution in [2.24, 2.45) is 0 Å². The number of nitrogens with one attached hydrogen (secondary N) is 1. The molecule has 1 saturated heterocycles. The maximum absolute atomic E-state index is 12.8. The number of piperazine rings is 1. The molecular weight excluding hydrogens is 362 g/mol. The van der Waals surface area contributed by atoms with Crippen LogP contribution in [-0.2, 0) is 9.59 Å². The van der Waals surface area contributed by atoms with Crippen molar-refractivity contribution in [2.45, 2.75) is 19.4 Å². The van der Waals surface area contributed by atoms with Gasteiger partial charge in [-0.15, -0.1) is 0 Å². The van der Waals surface area contributed by atoms with Crippen LogP contribution in [0.4, 0.5) is 0 Å². The van der Waals surface area contributed by atoms with Gasteiger partial charge in [-0.2, -0.15) is 0 Å². The first-order valence-electron chi connectivity index (χ1n) is 10.2. The van der Waals surface area contributed by atoms with E-state index < -0.39 is 0 Å². The van der Waals surface area contributed by atoms with Crippen molar-refractivity contribution in [3.8, 4) is 0 Å². The van der Waals surface area contributed by atoms with Crippen molar-refractivity contribution in [3.63, 3.8) is 0 Å². The summed E-state index contributed by atoms with van der Waals surface area (Å²) in [6.07, 6.45) is 4.60. The van der Waals surface area contributed by atoms with Gasteiger partial charge in [0.1, 0.15) is 0 Å². The Hall–Kier alpha value is -2.92. The molecule has 0 aromatic heterocycles. The van der Waals surface area contributed by atoms with Gasteiger partial charge in [0.05, 0.1) is 12.5 Å². The Balaban J connectivity index is 1.48.